The van der Waals surface area contributed by atoms with Crippen LogP contribution in [0.25, 0.3) is 11.4 Å². The minimum Gasteiger partial charge on any atom is -0.489 e. The van der Waals surface area contributed by atoms with Crippen LogP contribution in [-0.2, 0) is 13.0 Å². The van der Waals surface area contributed by atoms with Crippen molar-refractivity contribution in [1.29, 1.82) is 0 Å². The molecular formula is C24H26N6O3. The first-order chi connectivity index (χ1) is 16.1. The fourth-order valence-electron chi connectivity index (χ4n) is 4.14. The number of hydrogen-bond donors (Lipinski definition) is 1. The summed E-state index contributed by atoms with van der Waals surface area (Å²) in [5.74, 6) is 4.04. The van der Waals surface area contributed by atoms with Crippen LogP contribution in [0.4, 0.5) is 5.82 Å². The Morgan fingerprint density at radius 1 is 1.03 bits per heavy atom. The van der Waals surface area contributed by atoms with E-state index in [1.54, 1.807) is 6.20 Å². The van der Waals surface area contributed by atoms with Crippen molar-refractivity contribution in [3.8, 4) is 17.1 Å². The fraction of sp³-hybridized carbons (Fsp3) is 0.375. The average Bonchev–Trinajstić information content (AvgIpc) is 3.57. The molecule has 0 bridgehead atoms. The molecule has 1 fully saturated rings. The summed E-state index contributed by atoms with van der Waals surface area (Å²) in [4.78, 5) is 13.5. The lowest BCUT2D eigenvalue weighted by atomic mass is 10.1. The van der Waals surface area contributed by atoms with Crippen molar-refractivity contribution in [2.75, 3.05) is 5.73 Å². The summed E-state index contributed by atoms with van der Waals surface area (Å²) >= 11 is 0. The third-order valence-corrected chi connectivity index (χ3v) is 6.11. The summed E-state index contributed by atoms with van der Waals surface area (Å²) in [6.07, 6.45) is 6.88. The summed E-state index contributed by atoms with van der Waals surface area (Å²) < 4.78 is 16.5. The first-order valence-electron chi connectivity index (χ1n) is 11.2. The Kier molecular flexibility index (Phi) is 5.77. The summed E-state index contributed by atoms with van der Waals surface area (Å²) in [5.41, 5.74) is 9.61. The number of ether oxygens (including phenoxy) is 1. The highest BCUT2D eigenvalue weighted by atomic mass is 16.5. The Morgan fingerprint density at radius 2 is 1.82 bits per heavy atom. The van der Waals surface area contributed by atoms with Crippen molar-refractivity contribution in [3.63, 3.8) is 0 Å². The van der Waals surface area contributed by atoms with Crippen molar-refractivity contribution in [2.45, 2.75) is 58.5 Å². The van der Waals surface area contributed by atoms with Gasteiger partial charge < -0.3 is 19.5 Å². The molecule has 1 aliphatic rings. The largest absolute Gasteiger partial charge is 0.489 e. The topological polar surface area (TPSA) is 126 Å². The first kappa shape index (κ1) is 21.1. The highest BCUT2D eigenvalue weighted by Gasteiger charge is 2.22. The van der Waals surface area contributed by atoms with Crippen LogP contribution < -0.4 is 10.5 Å². The lowest BCUT2D eigenvalue weighted by Crippen LogP contribution is -2.05. The number of benzene rings is 1. The van der Waals surface area contributed by atoms with Crippen molar-refractivity contribution >= 4 is 5.82 Å². The Labute approximate surface area is 191 Å². The van der Waals surface area contributed by atoms with Crippen LogP contribution >= 0.6 is 0 Å². The average molecular weight is 447 g/mol. The number of aromatic nitrogens is 5. The van der Waals surface area contributed by atoms with E-state index >= 15 is 0 Å². The maximum Gasteiger partial charge on any atom is 0.231 e. The SMILES string of the molecule is Cc1noc(C)c1COc1ccc(Cc2nc(-c3cnc(C4CCCC4)nc3N)no2)cc1. The summed E-state index contributed by atoms with van der Waals surface area (Å²) in [6, 6.07) is 7.78. The molecular weight excluding hydrogens is 420 g/mol. The van der Waals surface area contributed by atoms with E-state index in [0.717, 1.165) is 47.0 Å². The molecule has 0 atom stereocenters. The number of hydrogen-bond acceptors (Lipinski definition) is 9. The Morgan fingerprint density at radius 3 is 2.52 bits per heavy atom. The standard InChI is InChI=1S/C24H26N6O3/c1-14-20(15(2)32-29-14)13-31-18-9-7-16(8-10-18)11-21-27-24(30-33-21)19-12-26-23(28-22(19)25)17-5-3-4-6-17/h7-10,12,17H,3-6,11,13H2,1-2H3,(H2,25,26,28). The van der Waals surface area contributed by atoms with Crippen molar-refractivity contribution in [2.24, 2.45) is 0 Å². The molecule has 170 valence electrons. The maximum absolute atomic E-state index is 6.19. The van der Waals surface area contributed by atoms with Crippen molar-refractivity contribution in [1.82, 2.24) is 25.3 Å². The lowest BCUT2D eigenvalue weighted by Gasteiger charge is -2.08. The van der Waals surface area contributed by atoms with Gasteiger partial charge in [-0.05, 0) is 44.4 Å². The van der Waals surface area contributed by atoms with Crippen LogP contribution in [0.5, 0.6) is 5.75 Å². The number of nitrogens with zero attached hydrogens (tertiary/aromatic N) is 5. The highest BCUT2D eigenvalue weighted by molar-refractivity contribution is 5.66. The summed E-state index contributed by atoms with van der Waals surface area (Å²) in [6.45, 7) is 4.20. The van der Waals surface area contributed by atoms with Crippen LogP contribution in [-0.4, -0.2) is 25.3 Å². The van der Waals surface area contributed by atoms with E-state index in [0.29, 0.717) is 42.0 Å². The monoisotopic (exact) mass is 446 g/mol. The molecule has 1 saturated carbocycles. The van der Waals surface area contributed by atoms with E-state index in [-0.39, 0.29) is 0 Å². The molecule has 0 amide bonds. The lowest BCUT2D eigenvalue weighted by molar-refractivity contribution is 0.301. The summed E-state index contributed by atoms with van der Waals surface area (Å²) in [7, 11) is 0. The smallest absolute Gasteiger partial charge is 0.231 e. The zero-order valence-corrected chi connectivity index (χ0v) is 18.7. The molecule has 2 N–H and O–H groups in total. The number of nitrogen functional groups attached to an aromatic ring is 1. The van der Waals surface area contributed by atoms with Crippen LogP contribution in [0.2, 0.25) is 0 Å². The predicted octanol–water partition coefficient (Wildman–Crippen LogP) is 4.54. The van der Waals surface area contributed by atoms with Gasteiger partial charge in [0.05, 0.1) is 23.2 Å². The molecule has 5 rings (SSSR count). The second-order valence-electron chi connectivity index (χ2n) is 8.43. The van der Waals surface area contributed by atoms with E-state index in [9.17, 15) is 0 Å². The van der Waals surface area contributed by atoms with Gasteiger partial charge in [-0.15, -0.1) is 0 Å². The molecule has 0 spiro atoms. The van der Waals surface area contributed by atoms with E-state index in [4.69, 9.17) is 19.5 Å². The molecule has 33 heavy (non-hydrogen) atoms. The van der Waals surface area contributed by atoms with Gasteiger partial charge in [-0.1, -0.05) is 35.3 Å². The quantitative estimate of drug-likeness (QED) is 0.435. The Hall–Kier alpha value is -3.75. The number of nitrogens with two attached hydrogens (primary N) is 1. The molecule has 0 saturated heterocycles. The van der Waals surface area contributed by atoms with E-state index in [2.05, 4.69) is 25.3 Å². The first-order valence-corrected chi connectivity index (χ1v) is 11.2. The minimum atomic E-state index is 0.388. The van der Waals surface area contributed by atoms with Gasteiger partial charge >= 0.3 is 0 Å². The van der Waals surface area contributed by atoms with Gasteiger partial charge in [-0.25, -0.2) is 9.97 Å². The Balaban J connectivity index is 1.22. The number of anilines is 1. The summed E-state index contributed by atoms with van der Waals surface area (Å²) in [5, 5.41) is 8.02. The molecule has 1 aliphatic carbocycles. The van der Waals surface area contributed by atoms with E-state index in [1.807, 2.05) is 38.1 Å². The predicted molar refractivity (Wildman–Crippen MR) is 121 cm³/mol. The third-order valence-electron chi connectivity index (χ3n) is 6.11. The molecule has 1 aromatic carbocycles. The molecule has 4 aromatic rings. The molecule has 0 aliphatic heterocycles. The number of aryl methyl sites for hydroxylation is 2. The van der Waals surface area contributed by atoms with Gasteiger partial charge in [-0.3, -0.25) is 0 Å². The van der Waals surface area contributed by atoms with Crippen molar-refractivity contribution in [3.05, 3.63) is 64.8 Å². The third kappa shape index (κ3) is 4.57. The van der Waals surface area contributed by atoms with Gasteiger partial charge in [-0.2, -0.15) is 4.98 Å². The van der Waals surface area contributed by atoms with Gasteiger partial charge in [0.2, 0.25) is 11.7 Å². The Bertz CT molecular complexity index is 1220. The van der Waals surface area contributed by atoms with Gasteiger partial charge in [0, 0.05) is 12.1 Å². The fourth-order valence-corrected chi connectivity index (χ4v) is 4.14. The zero-order chi connectivity index (χ0) is 22.8. The van der Waals surface area contributed by atoms with Crippen molar-refractivity contribution < 1.29 is 13.8 Å². The molecule has 0 radical (unpaired) electrons. The molecule has 9 nitrogen and oxygen atoms in total. The highest BCUT2D eigenvalue weighted by Crippen LogP contribution is 2.33. The zero-order valence-electron chi connectivity index (χ0n) is 18.7. The van der Waals surface area contributed by atoms with Crippen LogP contribution in [0.3, 0.4) is 0 Å². The van der Waals surface area contributed by atoms with Crippen LogP contribution in [0.1, 0.15) is 65.9 Å². The maximum atomic E-state index is 6.19. The minimum absolute atomic E-state index is 0.388. The van der Waals surface area contributed by atoms with E-state index < -0.39 is 0 Å². The van der Waals surface area contributed by atoms with Crippen LogP contribution in [0, 0.1) is 13.8 Å². The molecule has 3 aromatic heterocycles. The molecule has 3 heterocycles. The normalized spacial score (nSPS) is 14.1. The van der Waals surface area contributed by atoms with Gasteiger partial charge in [0.1, 0.15) is 29.8 Å². The second-order valence-corrected chi connectivity index (χ2v) is 8.43. The number of rotatable bonds is 7. The van der Waals surface area contributed by atoms with Gasteiger partial charge in [0.25, 0.3) is 0 Å². The van der Waals surface area contributed by atoms with Gasteiger partial charge in [0.15, 0.2) is 0 Å². The molecule has 9 heteroatoms. The van der Waals surface area contributed by atoms with Crippen LogP contribution in [0.15, 0.2) is 39.5 Å². The van der Waals surface area contributed by atoms with E-state index in [1.165, 1.54) is 12.8 Å². The second kappa shape index (κ2) is 9.01. The molecule has 0 unspecified atom stereocenters.